The lowest BCUT2D eigenvalue weighted by molar-refractivity contribution is 0.493. The van der Waals surface area contributed by atoms with E-state index in [0.717, 1.165) is 5.56 Å². The minimum absolute atomic E-state index is 0.108. The summed E-state index contributed by atoms with van der Waals surface area (Å²) in [6.07, 6.45) is 0.573. The second-order valence-electron chi connectivity index (χ2n) is 3.92. The molecule has 0 heterocycles. The van der Waals surface area contributed by atoms with Gasteiger partial charge in [-0.25, -0.2) is 4.39 Å². The number of nitriles is 1. The summed E-state index contributed by atoms with van der Waals surface area (Å²) in [5, 5.41) is 8.93. The fourth-order valence-corrected chi connectivity index (χ4v) is 1.40. The molecule has 1 aromatic carbocycles. The zero-order valence-corrected chi connectivity index (χ0v) is 8.90. The Morgan fingerprint density at radius 2 is 2.14 bits per heavy atom. The van der Waals surface area contributed by atoms with E-state index in [9.17, 15) is 4.39 Å². The summed E-state index contributed by atoms with van der Waals surface area (Å²) in [5.74, 6) is -0.426. The topological polar surface area (TPSA) is 23.8 Å². The van der Waals surface area contributed by atoms with E-state index in [0.29, 0.717) is 6.42 Å². The first-order valence-electron chi connectivity index (χ1n) is 4.30. The molecule has 0 radical (unpaired) electrons. The molecule has 74 valence electrons. The molecule has 0 saturated heterocycles. The maximum absolute atomic E-state index is 12.8. The molecule has 0 aliphatic heterocycles. The van der Waals surface area contributed by atoms with Gasteiger partial charge in [0.05, 0.1) is 16.5 Å². The highest BCUT2D eigenvalue weighted by molar-refractivity contribution is 6.30. The number of nitrogens with zero attached hydrogens (tertiary/aromatic N) is 1. The summed E-state index contributed by atoms with van der Waals surface area (Å²) in [6, 6.07) is 6.73. The van der Waals surface area contributed by atoms with Crippen molar-refractivity contribution in [3.05, 3.63) is 34.6 Å². The van der Waals surface area contributed by atoms with Crippen LogP contribution in [0.4, 0.5) is 4.39 Å². The van der Waals surface area contributed by atoms with Gasteiger partial charge >= 0.3 is 0 Å². The summed E-state index contributed by atoms with van der Waals surface area (Å²) in [7, 11) is 0. The molecular formula is C11H11ClFN. The summed E-state index contributed by atoms with van der Waals surface area (Å²) in [6.45, 7) is 3.68. The molecule has 0 atom stereocenters. The number of rotatable bonds is 2. The van der Waals surface area contributed by atoms with E-state index in [2.05, 4.69) is 6.07 Å². The first-order valence-corrected chi connectivity index (χ1v) is 4.67. The van der Waals surface area contributed by atoms with E-state index in [1.165, 1.54) is 6.07 Å². The van der Waals surface area contributed by atoms with Crippen molar-refractivity contribution in [1.82, 2.24) is 0 Å². The molecule has 3 heteroatoms. The zero-order valence-electron chi connectivity index (χ0n) is 8.14. The van der Waals surface area contributed by atoms with Crippen LogP contribution in [-0.4, -0.2) is 0 Å². The second-order valence-corrected chi connectivity index (χ2v) is 4.33. The Morgan fingerprint density at radius 3 is 2.64 bits per heavy atom. The van der Waals surface area contributed by atoms with Gasteiger partial charge in [0.15, 0.2) is 0 Å². The van der Waals surface area contributed by atoms with E-state index in [4.69, 9.17) is 16.9 Å². The largest absolute Gasteiger partial charge is 0.205 e. The molecule has 0 unspecified atom stereocenters. The molecule has 1 aromatic rings. The minimum atomic E-state index is -0.443. The molecule has 14 heavy (non-hydrogen) atoms. The zero-order chi connectivity index (χ0) is 10.8. The Bertz CT molecular complexity index is 379. The monoisotopic (exact) mass is 211 g/mol. The second kappa shape index (κ2) is 3.98. The summed E-state index contributed by atoms with van der Waals surface area (Å²) in [4.78, 5) is 0. The number of hydrogen-bond donors (Lipinski definition) is 0. The lowest BCUT2D eigenvalue weighted by Gasteiger charge is -2.14. The van der Waals surface area contributed by atoms with Crippen molar-refractivity contribution in [3.63, 3.8) is 0 Å². The summed E-state index contributed by atoms with van der Waals surface area (Å²) < 4.78 is 12.8. The van der Waals surface area contributed by atoms with Gasteiger partial charge in [0.2, 0.25) is 0 Å². The Balaban J connectivity index is 2.90. The van der Waals surface area contributed by atoms with Crippen molar-refractivity contribution in [2.24, 2.45) is 5.41 Å². The maximum atomic E-state index is 12.8. The Morgan fingerprint density at radius 1 is 1.50 bits per heavy atom. The van der Waals surface area contributed by atoms with Crippen LogP contribution in [0.5, 0.6) is 0 Å². The number of hydrogen-bond acceptors (Lipinski definition) is 1. The van der Waals surface area contributed by atoms with Crippen molar-refractivity contribution in [2.75, 3.05) is 0 Å². The van der Waals surface area contributed by atoms with Gasteiger partial charge in [-0.3, -0.25) is 0 Å². The van der Waals surface area contributed by atoms with Crippen molar-refractivity contribution in [3.8, 4) is 6.07 Å². The minimum Gasteiger partial charge on any atom is -0.205 e. The quantitative estimate of drug-likeness (QED) is 0.734. The SMILES string of the molecule is CC(C)(C#N)Cc1ccc(F)c(Cl)c1. The third-order valence-corrected chi connectivity index (χ3v) is 2.22. The van der Waals surface area contributed by atoms with Crippen molar-refractivity contribution in [2.45, 2.75) is 20.3 Å². The molecule has 0 aliphatic rings. The fraction of sp³-hybridized carbons (Fsp3) is 0.364. The van der Waals surface area contributed by atoms with Crippen LogP contribution in [0.1, 0.15) is 19.4 Å². The van der Waals surface area contributed by atoms with E-state index in [1.54, 1.807) is 12.1 Å². The molecule has 0 aromatic heterocycles. The average molecular weight is 212 g/mol. The van der Waals surface area contributed by atoms with Gasteiger partial charge in [-0.2, -0.15) is 5.26 Å². The predicted molar refractivity (Wildman–Crippen MR) is 54.5 cm³/mol. The Labute approximate surface area is 88.1 Å². The maximum Gasteiger partial charge on any atom is 0.141 e. The van der Waals surface area contributed by atoms with E-state index < -0.39 is 11.2 Å². The van der Waals surface area contributed by atoms with Crippen molar-refractivity contribution < 1.29 is 4.39 Å². The van der Waals surface area contributed by atoms with Gasteiger partial charge in [0.1, 0.15) is 5.82 Å². The Kier molecular flexibility index (Phi) is 3.13. The van der Waals surface area contributed by atoms with Crippen molar-refractivity contribution >= 4 is 11.6 Å². The molecule has 0 amide bonds. The Hall–Kier alpha value is -1.07. The molecule has 1 rings (SSSR count). The molecule has 0 fully saturated rings. The predicted octanol–water partition coefficient (Wildman–Crippen LogP) is 3.57. The van der Waals surface area contributed by atoms with E-state index >= 15 is 0 Å². The van der Waals surface area contributed by atoms with Crippen molar-refractivity contribution in [1.29, 1.82) is 5.26 Å². The molecule has 0 spiro atoms. The molecular weight excluding hydrogens is 201 g/mol. The summed E-state index contributed by atoms with van der Waals surface area (Å²) >= 11 is 5.63. The van der Waals surface area contributed by atoms with Gasteiger partial charge in [0, 0.05) is 0 Å². The van der Waals surface area contributed by atoms with Crippen LogP contribution < -0.4 is 0 Å². The van der Waals surface area contributed by atoms with E-state index in [-0.39, 0.29) is 5.02 Å². The summed E-state index contributed by atoms with van der Waals surface area (Å²) in [5.41, 5.74) is 0.434. The highest BCUT2D eigenvalue weighted by atomic mass is 35.5. The highest BCUT2D eigenvalue weighted by Gasteiger charge is 2.17. The molecule has 0 N–H and O–H groups in total. The van der Waals surface area contributed by atoms with Gasteiger partial charge in [-0.15, -0.1) is 0 Å². The van der Waals surface area contributed by atoms with Gasteiger partial charge < -0.3 is 0 Å². The van der Waals surface area contributed by atoms with Crippen LogP contribution >= 0.6 is 11.6 Å². The lowest BCUT2D eigenvalue weighted by atomic mass is 9.87. The first-order chi connectivity index (χ1) is 6.44. The van der Waals surface area contributed by atoms with Crippen LogP contribution in [0, 0.1) is 22.6 Å². The van der Waals surface area contributed by atoms with Crippen LogP contribution in [0.25, 0.3) is 0 Å². The van der Waals surface area contributed by atoms with E-state index in [1.807, 2.05) is 13.8 Å². The van der Waals surface area contributed by atoms with Gasteiger partial charge in [-0.05, 0) is 38.0 Å². The van der Waals surface area contributed by atoms with Gasteiger partial charge in [0.25, 0.3) is 0 Å². The van der Waals surface area contributed by atoms with Crippen LogP contribution in [0.15, 0.2) is 18.2 Å². The molecule has 1 nitrogen and oxygen atoms in total. The lowest BCUT2D eigenvalue weighted by Crippen LogP contribution is -2.11. The smallest absolute Gasteiger partial charge is 0.141 e. The van der Waals surface area contributed by atoms with Gasteiger partial charge in [-0.1, -0.05) is 17.7 Å². The molecule has 0 aliphatic carbocycles. The normalized spacial score (nSPS) is 11.1. The van der Waals surface area contributed by atoms with Crippen LogP contribution in [-0.2, 0) is 6.42 Å². The fourth-order valence-electron chi connectivity index (χ4n) is 1.20. The highest BCUT2D eigenvalue weighted by Crippen LogP contribution is 2.23. The molecule has 0 saturated carbocycles. The number of benzene rings is 1. The third kappa shape index (κ3) is 2.71. The van der Waals surface area contributed by atoms with Crippen LogP contribution in [0.3, 0.4) is 0 Å². The average Bonchev–Trinajstić information content (AvgIpc) is 2.11. The number of halogens is 2. The standard InChI is InChI=1S/C11H11ClFN/c1-11(2,7-14)6-8-3-4-10(13)9(12)5-8/h3-5H,6H2,1-2H3. The molecule has 0 bridgehead atoms. The van der Waals surface area contributed by atoms with Crippen LogP contribution in [0.2, 0.25) is 5.02 Å². The first kappa shape index (κ1) is 11.0. The third-order valence-electron chi connectivity index (χ3n) is 1.93.